The number of halogens is 3. The second-order valence-electron chi connectivity index (χ2n) is 8.59. The molecular formula is C27H22BrI2N3O4. The Morgan fingerprint density at radius 1 is 1.14 bits per heavy atom. The van der Waals surface area contributed by atoms with E-state index in [-0.39, 0.29) is 18.3 Å². The van der Waals surface area contributed by atoms with Gasteiger partial charge in [-0.3, -0.25) is 4.79 Å². The van der Waals surface area contributed by atoms with Gasteiger partial charge in [-0.05, 0) is 105 Å². The van der Waals surface area contributed by atoms with E-state index in [1.807, 2.05) is 42.5 Å². The van der Waals surface area contributed by atoms with E-state index in [9.17, 15) is 4.79 Å². The highest BCUT2D eigenvalue weighted by Crippen LogP contribution is 2.34. The number of hydrogen-bond donors (Lipinski definition) is 0. The molecular weight excluding hydrogens is 764 g/mol. The van der Waals surface area contributed by atoms with Crippen molar-refractivity contribution in [2.75, 3.05) is 6.79 Å². The Labute approximate surface area is 249 Å². The van der Waals surface area contributed by atoms with Crippen LogP contribution in [0.25, 0.3) is 10.9 Å². The zero-order valence-corrected chi connectivity index (χ0v) is 25.9. The molecule has 0 fully saturated rings. The Balaban J connectivity index is 1.43. The summed E-state index contributed by atoms with van der Waals surface area (Å²) < 4.78 is 21.1. The fourth-order valence-corrected chi connectivity index (χ4v) is 6.37. The molecule has 7 nitrogen and oxygen atoms in total. The van der Waals surface area contributed by atoms with E-state index in [4.69, 9.17) is 19.2 Å². The maximum atomic E-state index is 13.4. The van der Waals surface area contributed by atoms with Gasteiger partial charge in [0.1, 0.15) is 18.2 Å². The zero-order valence-electron chi connectivity index (χ0n) is 20.0. The van der Waals surface area contributed by atoms with Gasteiger partial charge in [-0.15, -0.1) is 0 Å². The van der Waals surface area contributed by atoms with Crippen LogP contribution in [0.5, 0.6) is 17.2 Å². The Kier molecular flexibility index (Phi) is 8.05. The van der Waals surface area contributed by atoms with Crippen LogP contribution < -0.4 is 19.8 Å². The fourth-order valence-electron chi connectivity index (χ4n) is 3.88. The molecule has 0 radical (unpaired) electrons. The second kappa shape index (κ2) is 11.3. The van der Waals surface area contributed by atoms with Crippen LogP contribution in [0, 0.1) is 7.14 Å². The minimum atomic E-state index is -0.189. The molecule has 4 aromatic rings. The third-order valence-electron chi connectivity index (χ3n) is 6.05. The minimum absolute atomic E-state index is 0.0742. The van der Waals surface area contributed by atoms with Crippen molar-refractivity contribution in [2.45, 2.75) is 32.8 Å². The summed E-state index contributed by atoms with van der Waals surface area (Å²) in [4.78, 5) is 18.1. The zero-order chi connectivity index (χ0) is 26.1. The molecule has 190 valence electrons. The molecule has 1 aliphatic rings. The fraction of sp³-hybridized carbons (Fsp3) is 0.222. The van der Waals surface area contributed by atoms with Crippen molar-refractivity contribution >= 4 is 78.2 Å². The van der Waals surface area contributed by atoms with Crippen LogP contribution in [0.15, 0.2) is 62.9 Å². The number of benzene rings is 3. The first-order chi connectivity index (χ1) is 17.8. The standard InChI is InChI=1S/C27H22BrI2N3O4/c1-3-15(2)26-32-22-6-5-18(28)11-19(22)27(34)33(26)31-12-17-8-20(29)25(21(30)9-17)35-13-16-4-7-23-24(10-16)37-14-36-23/h4-12,15H,3,13-14H2,1-2H3/t15-/m0/s1. The molecule has 1 atom stereocenters. The molecule has 0 amide bonds. The van der Waals surface area contributed by atoms with Crippen LogP contribution >= 0.6 is 61.1 Å². The third-order valence-corrected chi connectivity index (χ3v) is 8.15. The highest BCUT2D eigenvalue weighted by Gasteiger charge is 2.17. The summed E-state index contributed by atoms with van der Waals surface area (Å²) in [7, 11) is 0. The number of nitrogens with zero attached hydrogens (tertiary/aromatic N) is 3. The van der Waals surface area contributed by atoms with Crippen LogP contribution in [0.1, 0.15) is 43.1 Å². The highest BCUT2D eigenvalue weighted by atomic mass is 127. The van der Waals surface area contributed by atoms with E-state index < -0.39 is 0 Å². The smallest absolute Gasteiger partial charge is 0.282 e. The van der Waals surface area contributed by atoms with Crippen molar-refractivity contribution < 1.29 is 14.2 Å². The summed E-state index contributed by atoms with van der Waals surface area (Å²) in [6.45, 7) is 4.78. The molecule has 3 aromatic carbocycles. The van der Waals surface area contributed by atoms with E-state index in [2.05, 4.69) is 80.1 Å². The molecule has 0 spiro atoms. The first-order valence-electron chi connectivity index (χ1n) is 11.6. The predicted molar refractivity (Wildman–Crippen MR) is 164 cm³/mol. The molecule has 37 heavy (non-hydrogen) atoms. The molecule has 5 rings (SSSR count). The van der Waals surface area contributed by atoms with Crippen LogP contribution in [-0.2, 0) is 6.61 Å². The molecule has 0 aliphatic carbocycles. The van der Waals surface area contributed by atoms with Crippen molar-refractivity contribution in [1.82, 2.24) is 9.66 Å². The summed E-state index contributed by atoms with van der Waals surface area (Å²) in [5, 5.41) is 5.11. The topological polar surface area (TPSA) is 74.9 Å². The molecule has 1 aromatic heterocycles. The van der Waals surface area contributed by atoms with Gasteiger partial charge >= 0.3 is 0 Å². The van der Waals surface area contributed by atoms with Gasteiger partial charge in [-0.2, -0.15) is 9.78 Å². The van der Waals surface area contributed by atoms with E-state index in [0.29, 0.717) is 23.3 Å². The largest absolute Gasteiger partial charge is 0.487 e. The van der Waals surface area contributed by atoms with Gasteiger partial charge in [0.25, 0.3) is 5.56 Å². The van der Waals surface area contributed by atoms with Crippen molar-refractivity contribution in [3.63, 3.8) is 0 Å². The first-order valence-corrected chi connectivity index (χ1v) is 14.6. The van der Waals surface area contributed by atoms with Crippen LogP contribution in [0.3, 0.4) is 0 Å². The van der Waals surface area contributed by atoms with Gasteiger partial charge in [0.05, 0.1) is 24.3 Å². The maximum absolute atomic E-state index is 13.4. The molecule has 0 bridgehead atoms. The summed E-state index contributed by atoms with van der Waals surface area (Å²) in [6.07, 6.45) is 2.54. The van der Waals surface area contributed by atoms with Crippen LogP contribution in [0.4, 0.5) is 0 Å². The predicted octanol–water partition coefficient (Wildman–Crippen LogP) is 7.07. The van der Waals surface area contributed by atoms with E-state index in [1.54, 1.807) is 12.3 Å². The Morgan fingerprint density at radius 2 is 1.89 bits per heavy atom. The lowest BCUT2D eigenvalue weighted by atomic mass is 10.1. The Hall–Kier alpha value is -2.19. The molecule has 0 unspecified atom stereocenters. The Bertz CT molecular complexity index is 1570. The van der Waals surface area contributed by atoms with E-state index in [0.717, 1.165) is 46.4 Å². The minimum Gasteiger partial charge on any atom is -0.487 e. The maximum Gasteiger partial charge on any atom is 0.282 e. The third kappa shape index (κ3) is 5.65. The average Bonchev–Trinajstić information content (AvgIpc) is 3.35. The first kappa shape index (κ1) is 26.4. The molecule has 10 heteroatoms. The summed E-state index contributed by atoms with van der Waals surface area (Å²) >= 11 is 7.97. The van der Waals surface area contributed by atoms with E-state index in [1.165, 1.54) is 4.68 Å². The van der Waals surface area contributed by atoms with Gasteiger partial charge < -0.3 is 14.2 Å². The van der Waals surface area contributed by atoms with Crippen LogP contribution in [-0.4, -0.2) is 22.7 Å². The summed E-state index contributed by atoms with van der Waals surface area (Å²) in [6, 6.07) is 15.3. The SMILES string of the molecule is CC[C@H](C)c1nc2ccc(Br)cc2c(=O)n1N=Cc1cc(I)c(OCc2ccc3c(c2)OCO3)c(I)c1. The lowest BCUT2D eigenvalue weighted by Crippen LogP contribution is -2.23. The average molecular weight is 786 g/mol. The number of ether oxygens (including phenoxy) is 3. The molecule has 0 saturated carbocycles. The lowest BCUT2D eigenvalue weighted by molar-refractivity contribution is 0.174. The number of rotatable bonds is 7. The quantitative estimate of drug-likeness (QED) is 0.148. The van der Waals surface area contributed by atoms with E-state index >= 15 is 0 Å². The monoisotopic (exact) mass is 785 g/mol. The molecule has 1 aliphatic heterocycles. The normalized spacial score (nSPS) is 13.4. The van der Waals surface area contributed by atoms with Crippen molar-refractivity contribution in [2.24, 2.45) is 5.10 Å². The summed E-state index contributed by atoms with van der Waals surface area (Å²) in [5.74, 6) is 3.00. The summed E-state index contributed by atoms with van der Waals surface area (Å²) in [5.41, 5.74) is 2.34. The van der Waals surface area contributed by atoms with Gasteiger partial charge in [0.2, 0.25) is 6.79 Å². The van der Waals surface area contributed by atoms with Gasteiger partial charge in [-0.1, -0.05) is 35.8 Å². The van der Waals surface area contributed by atoms with Crippen molar-refractivity contribution in [1.29, 1.82) is 0 Å². The molecule has 2 heterocycles. The van der Waals surface area contributed by atoms with Gasteiger partial charge in [0.15, 0.2) is 11.5 Å². The number of aromatic nitrogens is 2. The highest BCUT2D eigenvalue weighted by molar-refractivity contribution is 14.1. The number of hydrogen-bond acceptors (Lipinski definition) is 6. The lowest BCUT2D eigenvalue weighted by Gasteiger charge is -2.14. The van der Waals surface area contributed by atoms with Crippen molar-refractivity contribution in [3.05, 3.63) is 87.4 Å². The van der Waals surface area contributed by atoms with Gasteiger partial charge in [0, 0.05) is 10.4 Å². The molecule has 0 N–H and O–H groups in total. The Morgan fingerprint density at radius 3 is 2.65 bits per heavy atom. The van der Waals surface area contributed by atoms with Crippen molar-refractivity contribution in [3.8, 4) is 17.2 Å². The molecule has 0 saturated heterocycles. The second-order valence-corrected chi connectivity index (χ2v) is 11.8. The number of fused-ring (bicyclic) bond motifs is 2. The van der Waals surface area contributed by atoms with Gasteiger partial charge in [-0.25, -0.2) is 4.98 Å². The van der Waals surface area contributed by atoms with Crippen LogP contribution in [0.2, 0.25) is 0 Å².